The lowest BCUT2D eigenvalue weighted by atomic mass is 10.6. The van der Waals surface area contributed by atoms with E-state index in [-0.39, 0.29) is 37.2 Å². The lowest BCUT2D eigenvalue weighted by Gasteiger charge is -1.65. The second-order valence-electron chi connectivity index (χ2n) is 1.21. The van der Waals surface area contributed by atoms with Gasteiger partial charge in [-0.3, -0.25) is 9.59 Å². The Morgan fingerprint density at radius 2 is 0.923 bits per heavy atom. The summed E-state index contributed by atoms with van der Waals surface area (Å²) in [4.78, 5) is 18.9. The highest BCUT2D eigenvalue weighted by Gasteiger charge is 1.69. The zero-order valence-corrected chi connectivity index (χ0v) is 9.21. The van der Waals surface area contributed by atoms with Crippen LogP contribution in [-0.4, -0.2) is 11.8 Å². The molecule has 0 saturated heterocycles. The average molecular weight is 252 g/mol. The van der Waals surface area contributed by atoms with E-state index in [0.717, 1.165) is 12.2 Å². The highest BCUT2D eigenvalue weighted by Crippen LogP contribution is 1.49. The SMILES string of the molecule is C=CC(N)=O.C=CC(N)=O.Cl.Cl.Cl. The number of hydrogen-bond donors (Lipinski definition) is 2. The third-order valence-electron chi connectivity index (χ3n) is 0.402. The normalized spacial score (nSPS) is 4.92. The van der Waals surface area contributed by atoms with Gasteiger partial charge in [0.25, 0.3) is 0 Å². The maximum absolute atomic E-state index is 9.47. The first-order chi connectivity index (χ1) is 4.54. The molecule has 80 valence electrons. The van der Waals surface area contributed by atoms with Crippen LogP contribution >= 0.6 is 37.2 Å². The van der Waals surface area contributed by atoms with Crippen molar-refractivity contribution in [3.8, 4) is 0 Å². The fourth-order valence-corrected chi connectivity index (χ4v) is 0. The minimum Gasteiger partial charge on any atom is -0.366 e. The van der Waals surface area contributed by atoms with E-state index in [1.807, 2.05) is 0 Å². The number of nitrogens with two attached hydrogens (primary N) is 2. The summed E-state index contributed by atoms with van der Waals surface area (Å²) in [7, 11) is 0. The molecule has 0 aliphatic heterocycles. The van der Waals surface area contributed by atoms with Crippen molar-refractivity contribution in [3.63, 3.8) is 0 Å². The first kappa shape index (κ1) is 29.5. The molecule has 4 N–H and O–H groups in total. The van der Waals surface area contributed by atoms with Crippen molar-refractivity contribution in [1.82, 2.24) is 0 Å². The van der Waals surface area contributed by atoms with E-state index < -0.39 is 11.8 Å². The van der Waals surface area contributed by atoms with Crippen LogP contribution in [-0.2, 0) is 9.59 Å². The Balaban J connectivity index is -0.0000000267. The lowest BCUT2D eigenvalue weighted by Crippen LogP contribution is -2.04. The molecule has 0 radical (unpaired) electrons. The molecule has 4 nitrogen and oxygen atoms in total. The molecule has 0 aliphatic carbocycles. The van der Waals surface area contributed by atoms with Gasteiger partial charge in [0.05, 0.1) is 0 Å². The van der Waals surface area contributed by atoms with Crippen LogP contribution in [0.15, 0.2) is 25.3 Å². The molecular formula is C6H13Cl3N2O2. The molecule has 0 aromatic carbocycles. The molecule has 0 saturated carbocycles. The van der Waals surface area contributed by atoms with Gasteiger partial charge in [-0.1, -0.05) is 13.2 Å². The summed E-state index contributed by atoms with van der Waals surface area (Å²) < 4.78 is 0. The molecule has 0 spiro atoms. The van der Waals surface area contributed by atoms with Gasteiger partial charge >= 0.3 is 0 Å². The number of rotatable bonds is 2. The Kier molecular flexibility index (Phi) is 51.0. The van der Waals surface area contributed by atoms with Gasteiger partial charge in [-0.05, 0) is 12.2 Å². The van der Waals surface area contributed by atoms with Gasteiger partial charge in [0.2, 0.25) is 11.8 Å². The number of carbonyl (C=O) groups is 2. The van der Waals surface area contributed by atoms with Crippen LogP contribution in [0.3, 0.4) is 0 Å². The Bertz CT molecular complexity index is 144. The fourth-order valence-electron chi connectivity index (χ4n) is 0. The van der Waals surface area contributed by atoms with Crippen LogP contribution in [0.1, 0.15) is 0 Å². The van der Waals surface area contributed by atoms with Crippen LogP contribution in [0, 0.1) is 0 Å². The zero-order valence-electron chi connectivity index (χ0n) is 6.76. The van der Waals surface area contributed by atoms with Crippen LogP contribution in [0.25, 0.3) is 0 Å². The first-order valence-electron chi connectivity index (χ1n) is 2.38. The van der Waals surface area contributed by atoms with Gasteiger partial charge in [-0.2, -0.15) is 0 Å². The Labute approximate surface area is 95.7 Å². The largest absolute Gasteiger partial charge is 0.366 e. The van der Waals surface area contributed by atoms with Crippen molar-refractivity contribution in [2.75, 3.05) is 0 Å². The molecule has 0 aromatic rings. The maximum atomic E-state index is 9.47. The van der Waals surface area contributed by atoms with Crippen LogP contribution in [0.4, 0.5) is 0 Å². The van der Waals surface area contributed by atoms with Gasteiger partial charge in [0.1, 0.15) is 0 Å². The highest BCUT2D eigenvalue weighted by molar-refractivity contribution is 5.86. The second kappa shape index (κ2) is 22.5. The third kappa shape index (κ3) is 90.0. The molecule has 7 heteroatoms. The summed E-state index contributed by atoms with van der Waals surface area (Å²) in [5.74, 6) is -0.963. The van der Waals surface area contributed by atoms with Gasteiger partial charge in [-0.15, -0.1) is 37.2 Å². The molecule has 0 bridgehead atoms. The maximum Gasteiger partial charge on any atom is 0.240 e. The molecule has 0 heterocycles. The molecule has 0 unspecified atom stereocenters. The Morgan fingerprint density at radius 1 is 0.846 bits per heavy atom. The first-order valence-corrected chi connectivity index (χ1v) is 2.38. The Hall–Kier alpha value is -0.710. The second-order valence-corrected chi connectivity index (χ2v) is 1.21. The van der Waals surface area contributed by atoms with E-state index in [2.05, 4.69) is 24.6 Å². The molecule has 0 aromatic heterocycles. The summed E-state index contributed by atoms with van der Waals surface area (Å²) in [5.41, 5.74) is 9.07. The molecule has 13 heavy (non-hydrogen) atoms. The predicted octanol–water partition coefficient (Wildman–Crippen LogP) is 0.581. The summed E-state index contributed by atoms with van der Waals surface area (Å²) in [5, 5.41) is 0. The average Bonchev–Trinajstić information content (AvgIpc) is 1.89. The highest BCUT2D eigenvalue weighted by atomic mass is 35.5. The minimum atomic E-state index is -0.481. The fraction of sp³-hybridized carbons (Fsp3) is 0. The van der Waals surface area contributed by atoms with E-state index in [1.165, 1.54) is 0 Å². The van der Waals surface area contributed by atoms with Crippen molar-refractivity contribution < 1.29 is 9.59 Å². The molecule has 0 rings (SSSR count). The summed E-state index contributed by atoms with van der Waals surface area (Å²) in [6, 6.07) is 0. The topological polar surface area (TPSA) is 86.2 Å². The van der Waals surface area contributed by atoms with Gasteiger partial charge in [0.15, 0.2) is 0 Å². The number of carbonyl (C=O) groups excluding carboxylic acids is 2. The number of hydrogen-bond acceptors (Lipinski definition) is 2. The monoisotopic (exact) mass is 250 g/mol. The quantitative estimate of drug-likeness (QED) is 0.704. The van der Waals surface area contributed by atoms with Gasteiger partial charge in [0, 0.05) is 0 Å². The smallest absolute Gasteiger partial charge is 0.240 e. The molecular weight excluding hydrogens is 238 g/mol. The number of halogens is 3. The van der Waals surface area contributed by atoms with Crippen LogP contribution in [0.5, 0.6) is 0 Å². The molecule has 2 amide bonds. The lowest BCUT2D eigenvalue weighted by molar-refractivity contribution is -0.114. The van der Waals surface area contributed by atoms with Crippen molar-refractivity contribution >= 4 is 49.0 Å². The third-order valence-corrected chi connectivity index (χ3v) is 0.402. The van der Waals surface area contributed by atoms with E-state index >= 15 is 0 Å². The molecule has 0 fully saturated rings. The van der Waals surface area contributed by atoms with E-state index in [9.17, 15) is 9.59 Å². The van der Waals surface area contributed by atoms with Crippen LogP contribution < -0.4 is 11.5 Å². The minimum absolute atomic E-state index is 0. The number of primary amides is 2. The van der Waals surface area contributed by atoms with E-state index in [0.29, 0.717) is 0 Å². The number of amides is 2. The van der Waals surface area contributed by atoms with Gasteiger partial charge < -0.3 is 11.5 Å². The standard InChI is InChI=1S/2C3H5NO.3ClH/c2*1-2-3(4)5;;;/h2*2H,1H2,(H2,4,5);3*1H. The van der Waals surface area contributed by atoms with Crippen molar-refractivity contribution in [3.05, 3.63) is 25.3 Å². The molecule has 0 aliphatic rings. The van der Waals surface area contributed by atoms with E-state index in [1.54, 1.807) is 0 Å². The van der Waals surface area contributed by atoms with Crippen molar-refractivity contribution in [2.45, 2.75) is 0 Å². The van der Waals surface area contributed by atoms with Crippen molar-refractivity contribution in [1.29, 1.82) is 0 Å². The van der Waals surface area contributed by atoms with E-state index in [4.69, 9.17) is 0 Å². The van der Waals surface area contributed by atoms with Crippen molar-refractivity contribution in [2.24, 2.45) is 11.5 Å². The predicted molar refractivity (Wildman–Crippen MR) is 60.5 cm³/mol. The Morgan fingerprint density at radius 3 is 0.923 bits per heavy atom. The summed E-state index contributed by atoms with van der Waals surface area (Å²) in [6.45, 7) is 6.17. The molecule has 0 atom stereocenters. The summed E-state index contributed by atoms with van der Waals surface area (Å²) in [6.07, 6.45) is 2.11. The van der Waals surface area contributed by atoms with Crippen LogP contribution in [0.2, 0.25) is 0 Å². The van der Waals surface area contributed by atoms with Gasteiger partial charge in [-0.25, -0.2) is 0 Å². The summed E-state index contributed by atoms with van der Waals surface area (Å²) >= 11 is 0. The zero-order chi connectivity index (χ0) is 8.57.